The first-order valence-electron chi connectivity index (χ1n) is 8.36. The highest BCUT2D eigenvalue weighted by molar-refractivity contribution is 6.30. The summed E-state index contributed by atoms with van der Waals surface area (Å²) in [5, 5.41) is 3.34. The highest BCUT2D eigenvalue weighted by Gasteiger charge is 2.30. The van der Waals surface area contributed by atoms with Crippen LogP contribution < -0.4 is 5.32 Å². The van der Waals surface area contributed by atoms with Gasteiger partial charge in [0.25, 0.3) is 5.91 Å². The zero-order chi connectivity index (χ0) is 19.6. The Hall–Kier alpha value is -2.54. The summed E-state index contributed by atoms with van der Waals surface area (Å²) >= 11 is 5.80. The first kappa shape index (κ1) is 19.2. The van der Waals surface area contributed by atoms with E-state index < -0.39 is 28.9 Å². The number of benzene rings is 2. The third kappa shape index (κ3) is 4.24. The van der Waals surface area contributed by atoms with Gasteiger partial charge in [0.15, 0.2) is 17.5 Å². The van der Waals surface area contributed by atoms with E-state index in [1.165, 1.54) is 4.90 Å². The monoisotopic (exact) mass is 396 g/mol. The van der Waals surface area contributed by atoms with Crippen LogP contribution in [0.25, 0.3) is 0 Å². The zero-order valence-corrected chi connectivity index (χ0v) is 14.9. The van der Waals surface area contributed by atoms with E-state index in [1.54, 1.807) is 24.3 Å². The molecule has 1 fully saturated rings. The fourth-order valence-electron chi connectivity index (χ4n) is 2.98. The summed E-state index contributed by atoms with van der Waals surface area (Å²) in [4.78, 5) is 26.0. The highest BCUT2D eigenvalue weighted by Crippen LogP contribution is 2.23. The minimum atomic E-state index is -1.67. The molecular formula is C19H16ClF3N2O2. The molecule has 1 N–H and O–H groups in total. The molecule has 1 heterocycles. The van der Waals surface area contributed by atoms with Crippen LogP contribution in [0.1, 0.15) is 23.2 Å². The van der Waals surface area contributed by atoms with Crippen molar-refractivity contribution < 1.29 is 22.8 Å². The van der Waals surface area contributed by atoms with Gasteiger partial charge in [-0.15, -0.1) is 0 Å². The van der Waals surface area contributed by atoms with E-state index in [1.807, 2.05) is 0 Å². The number of hydrogen-bond donors (Lipinski definition) is 1. The number of carbonyl (C=O) groups is 2. The van der Waals surface area contributed by atoms with E-state index in [4.69, 9.17) is 11.6 Å². The van der Waals surface area contributed by atoms with Crippen LogP contribution in [0.4, 0.5) is 18.9 Å². The maximum Gasteiger partial charge on any atom is 0.256 e. The lowest BCUT2D eigenvalue weighted by Gasteiger charge is -2.31. The lowest BCUT2D eigenvalue weighted by atomic mass is 9.95. The molecule has 142 valence electrons. The quantitative estimate of drug-likeness (QED) is 0.788. The number of amides is 2. The van der Waals surface area contributed by atoms with Crippen LogP contribution in [0.15, 0.2) is 36.4 Å². The third-order valence-corrected chi connectivity index (χ3v) is 4.78. The van der Waals surface area contributed by atoms with Gasteiger partial charge in [-0.25, -0.2) is 13.2 Å². The molecule has 4 nitrogen and oxygen atoms in total. The van der Waals surface area contributed by atoms with Gasteiger partial charge in [0.2, 0.25) is 5.91 Å². The van der Waals surface area contributed by atoms with Crippen LogP contribution in [0.2, 0.25) is 5.02 Å². The van der Waals surface area contributed by atoms with Gasteiger partial charge in [0, 0.05) is 29.7 Å². The van der Waals surface area contributed by atoms with Crippen LogP contribution in [0.3, 0.4) is 0 Å². The number of carbonyl (C=O) groups excluding carboxylic acids is 2. The molecule has 0 saturated carbocycles. The molecule has 0 atom stereocenters. The minimum absolute atomic E-state index is 0.177. The molecule has 8 heteroatoms. The summed E-state index contributed by atoms with van der Waals surface area (Å²) in [6.07, 6.45) is 0.771. The molecule has 0 bridgehead atoms. The molecule has 27 heavy (non-hydrogen) atoms. The SMILES string of the molecule is O=C(Nc1ccc(Cl)cc1)C1CCN(C(=O)c2ccc(F)c(F)c2F)CC1. The number of halogens is 4. The van der Waals surface area contributed by atoms with Crippen molar-refractivity contribution >= 4 is 29.1 Å². The van der Waals surface area contributed by atoms with Gasteiger partial charge >= 0.3 is 0 Å². The molecule has 2 aromatic carbocycles. The van der Waals surface area contributed by atoms with Crippen molar-refractivity contribution in [2.24, 2.45) is 5.92 Å². The Kier molecular flexibility index (Phi) is 5.70. The first-order chi connectivity index (χ1) is 12.9. The summed E-state index contributed by atoms with van der Waals surface area (Å²) in [6, 6.07) is 8.34. The van der Waals surface area contributed by atoms with E-state index in [0.29, 0.717) is 23.6 Å². The predicted molar refractivity (Wildman–Crippen MR) is 95.0 cm³/mol. The van der Waals surface area contributed by atoms with Crippen molar-refractivity contribution in [1.29, 1.82) is 0 Å². The third-order valence-electron chi connectivity index (χ3n) is 4.53. The predicted octanol–water partition coefficient (Wildman–Crippen LogP) is 4.25. The fourth-order valence-corrected chi connectivity index (χ4v) is 3.11. The number of nitrogens with one attached hydrogen (secondary N) is 1. The summed E-state index contributed by atoms with van der Waals surface area (Å²) in [7, 11) is 0. The standard InChI is InChI=1S/C19H16ClF3N2O2/c20-12-1-3-13(4-2-12)24-18(26)11-7-9-25(10-8-11)19(27)14-5-6-15(21)17(23)16(14)22/h1-6,11H,7-10H2,(H,24,26). The van der Waals surface area contributed by atoms with Crippen molar-refractivity contribution in [3.05, 3.63) is 64.4 Å². The van der Waals surface area contributed by atoms with Gasteiger partial charge in [-0.05, 0) is 49.2 Å². The van der Waals surface area contributed by atoms with Crippen molar-refractivity contribution in [2.75, 3.05) is 18.4 Å². The second-order valence-corrected chi connectivity index (χ2v) is 6.72. The minimum Gasteiger partial charge on any atom is -0.339 e. The lowest BCUT2D eigenvalue weighted by molar-refractivity contribution is -0.121. The van der Waals surface area contributed by atoms with E-state index >= 15 is 0 Å². The molecule has 0 radical (unpaired) electrons. The van der Waals surface area contributed by atoms with Crippen LogP contribution in [0, 0.1) is 23.4 Å². The molecule has 3 rings (SSSR count). The molecule has 2 amide bonds. The smallest absolute Gasteiger partial charge is 0.256 e. The fraction of sp³-hybridized carbons (Fsp3) is 0.263. The number of likely N-dealkylation sites (tertiary alicyclic amines) is 1. The summed E-state index contributed by atoms with van der Waals surface area (Å²) in [5.41, 5.74) is 0.102. The Morgan fingerprint density at radius 3 is 2.22 bits per heavy atom. The Labute approximate surface area is 158 Å². The molecule has 0 unspecified atom stereocenters. The van der Waals surface area contributed by atoms with Gasteiger partial charge in [0.05, 0.1) is 5.56 Å². The average Bonchev–Trinajstić information content (AvgIpc) is 2.67. The van der Waals surface area contributed by atoms with Crippen molar-refractivity contribution in [1.82, 2.24) is 4.90 Å². The number of piperidine rings is 1. The molecule has 0 aromatic heterocycles. The van der Waals surface area contributed by atoms with Crippen molar-refractivity contribution in [3.8, 4) is 0 Å². The number of nitrogens with zero attached hydrogens (tertiary/aromatic N) is 1. The summed E-state index contributed by atoms with van der Waals surface area (Å²) in [6.45, 7) is 0.436. The van der Waals surface area contributed by atoms with Gasteiger partial charge in [-0.2, -0.15) is 0 Å². The highest BCUT2D eigenvalue weighted by atomic mass is 35.5. The maximum atomic E-state index is 13.8. The number of anilines is 1. The van der Waals surface area contributed by atoms with Crippen LogP contribution in [0.5, 0.6) is 0 Å². The lowest BCUT2D eigenvalue weighted by Crippen LogP contribution is -2.41. The second kappa shape index (κ2) is 8.00. The van der Waals surface area contributed by atoms with Crippen LogP contribution in [-0.2, 0) is 4.79 Å². The molecular weight excluding hydrogens is 381 g/mol. The molecule has 1 aliphatic heterocycles. The Morgan fingerprint density at radius 2 is 1.59 bits per heavy atom. The van der Waals surface area contributed by atoms with Gasteiger partial charge in [-0.1, -0.05) is 11.6 Å². The number of rotatable bonds is 3. The van der Waals surface area contributed by atoms with Crippen molar-refractivity contribution in [3.63, 3.8) is 0 Å². The van der Waals surface area contributed by atoms with Gasteiger partial charge < -0.3 is 10.2 Å². The van der Waals surface area contributed by atoms with Crippen molar-refractivity contribution in [2.45, 2.75) is 12.8 Å². The maximum absolute atomic E-state index is 13.8. The zero-order valence-electron chi connectivity index (χ0n) is 14.1. The van der Waals surface area contributed by atoms with Crippen LogP contribution in [-0.4, -0.2) is 29.8 Å². The van der Waals surface area contributed by atoms with E-state index in [9.17, 15) is 22.8 Å². The molecule has 2 aromatic rings. The summed E-state index contributed by atoms with van der Waals surface area (Å²) < 4.78 is 40.2. The summed E-state index contributed by atoms with van der Waals surface area (Å²) in [5.74, 6) is -5.71. The van der Waals surface area contributed by atoms with Gasteiger partial charge in [0.1, 0.15) is 0 Å². The average molecular weight is 397 g/mol. The molecule has 1 saturated heterocycles. The Balaban J connectivity index is 1.60. The molecule has 1 aliphatic rings. The topological polar surface area (TPSA) is 49.4 Å². The van der Waals surface area contributed by atoms with E-state index in [-0.39, 0.29) is 24.9 Å². The first-order valence-corrected chi connectivity index (χ1v) is 8.74. The molecule has 0 spiro atoms. The molecule has 0 aliphatic carbocycles. The normalized spacial score (nSPS) is 14.9. The van der Waals surface area contributed by atoms with E-state index in [2.05, 4.69) is 5.32 Å². The second-order valence-electron chi connectivity index (χ2n) is 6.29. The Bertz CT molecular complexity index is 866. The van der Waals surface area contributed by atoms with Crippen LogP contribution >= 0.6 is 11.6 Å². The Morgan fingerprint density at radius 1 is 0.963 bits per heavy atom. The van der Waals surface area contributed by atoms with Gasteiger partial charge in [-0.3, -0.25) is 9.59 Å². The largest absolute Gasteiger partial charge is 0.339 e. The number of hydrogen-bond acceptors (Lipinski definition) is 2. The van der Waals surface area contributed by atoms with E-state index in [0.717, 1.165) is 12.1 Å².